The van der Waals surface area contributed by atoms with Crippen LogP contribution in [0.15, 0.2) is 29.8 Å². The molecule has 1 saturated heterocycles. The topological polar surface area (TPSA) is 85.8 Å². The quantitative estimate of drug-likeness (QED) is 0.770. The molecule has 1 aliphatic heterocycles. The molecule has 1 aliphatic rings. The SMILES string of the molecule is Cc1ncsc1-c1ccc([C@@H]2COS(=O)(=O)N2C(=O)OC(C)(C)C)cc1. The van der Waals surface area contributed by atoms with Crippen LogP contribution in [0.25, 0.3) is 10.4 Å². The number of rotatable bonds is 2. The lowest BCUT2D eigenvalue weighted by Gasteiger charge is -2.26. The van der Waals surface area contributed by atoms with Crippen molar-refractivity contribution in [2.45, 2.75) is 39.3 Å². The number of ether oxygens (including phenoxy) is 1. The highest BCUT2D eigenvalue weighted by atomic mass is 32.2. The first kappa shape index (κ1) is 18.8. The van der Waals surface area contributed by atoms with Crippen molar-refractivity contribution in [1.82, 2.24) is 9.29 Å². The Hall–Kier alpha value is -1.97. The fourth-order valence-electron chi connectivity index (χ4n) is 2.62. The van der Waals surface area contributed by atoms with Gasteiger partial charge in [-0.25, -0.2) is 9.78 Å². The van der Waals surface area contributed by atoms with Crippen LogP contribution in [0, 0.1) is 6.92 Å². The van der Waals surface area contributed by atoms with Crippen LogP contribution in [0.1, 0.15) is 38.1 Å². The van der Waals surface area contributed by atoms with Crippen molar-refractivity contribution in [3.05, 3.63) is 41.0 Å². The molecule has 0 spiro atoms. The Morgan fingerprint density at radius 1 is 1.31 bits per heavy atom. The second kappa shape index (κ2) is 6.64. The van der Waals surface area contributed by atoms with Crippen molar-refractivity contribution in [2.75, 3.05) is 6.61 Å². The van der Waals surface area contributed by atoms with E-state index >= 15 is 0 Å². The predicted molar refractivity (Wildman–Crippen MR) is 98.0 cm³/mol. The van der Waals surface area contributed by atoms with Crippen LogP contribution in [0.4, 0.5) is 4.79 Å². The molecule has 0 unspecified atom stereocenters. The summed E-state index contributed by atoms with van der Waals surface area (Å²) in [5, 5.41) is 0. The summed E-state index contributed by atoms with van der Waals surface area (Å²) in [6.45, 7) is 6.82. The monoisotopic (exact) mass is 396 g/mol. The van der Waals surface area contributed by atoms with Crippen LogP contribution in [0.2, 0.25) is 0 Å². The smallest absolute Gasteiger partial charge is 0.426 e. The molecule has 2 aromatic rings. The number of nitrogens with zero attached hydrogens (tertiary/aromatic N) is 2. The van der Waals surface area contributed by atoms with Crippen molar-refractivity contribution in [3.63, 3.8) is 0 Å². The zero-order valence-electron chi connectivity index (χ0n) is 14.9. The zero-order valence-corrected chi connectivity index (χ0v) is 16.6. The molecule has 3 rings (SSSR count). The highest BCUT2D eigenvalue weighted by Gasteiger charge is 2.45. The molecule has 2 heterocycles. The Bertz CT molecular complexity index is 913. The van der Waals surface area contributed by atoms with Crippen LogP contribution in [-0.2, 0) is 19.2 Å². The van der Waals surface area contributed by atoms with Gasteiger partial charge in [-0.05, 0) is 38.8 Å². The number of aromatic nitrogens is 1. The van der Waals surface area contributed by atoms with Crippen molar-refractivity contribution in [1.29, 1.82) is 0 Å². The van der Waals surface area contributed by atoms with Crippen molar-refractivity contribution in [2.24, 2.45) is 0 Å². The molecule has 0 radical (unpaired) electrons. The van der Waals surface area contributed by atoms with E-state index in [0.717, 1.165) is 16.1 Å². The largest absolute Gasteiger partial charge is 0.443 e. The lowest BCUT2D eigenvalue weighted by Crippen LogP contribution is -2.39. The Morgan fingerprint density at radius 3 is 2.50 bits per heavy atom. The molecule has 7 nitrogen and oxygen atoms in total. The molecular weight excluding hydrogens is 376 g/mol. The third-order valence-corrected chi connectivity index (χ3v) is 6.07. The van der Waals surface area contributed by atoms with E-state index in [1.54, 1.807) is 38.4 Å². The Kier molecular flexibility index (Phi) is 4.80. The molecule has 26 heavy (non-hydrogen) atoms. The first-order valence-corrected chi connectivity index (χ1v) is 10.3. The summed E-state index contributed by atoms with van der Waals surface area (Å²) in [5.74, 6) is 0. The average Bonchev–Trinajstić information content (AvgIpc) is 3.08. The first-order valence-electron chi connectivity index (χ1n) is 8.01. The maximum absolute atomic E-state index is 12.4. The molecule has 0 aliphatic carbocycles. The minimum absolute atomic E-state index is 0.138. The standard InChI is InChI=1S/C17H20N2O5S2/c1-11-15(25-10-18-11)13-7-5-12(6-8-13)14-9-23-26(21,22)19(14)16(20)24-17(2,3)4/h5-8,10,14H,9H2,1-4H3/t14-/m0/s1. The maximum Gasteiger partial charge on any atom is 0.426 e. The van der Waals surface area contributed by atoms with Gasteiger partial charge in [0, 0.05) is 0 Å². The van der Waals surface area contributed by atoms with E-state index in [2.05, 4.69) is 4.98 Å². The van der Waals surface area contributed by atoms with Gasteiger partial charge >= 0.3 is 16.4 Å². The molecule has 0 N–H and O–H groups in total. The molecule has 1 aromatic heterocycles. The van der Waals surface area contributed by atoms with Crippen LogP contribution in [0.3, 0.4) is 0 Å². The average molecular weight is 396 g/mol. The fourth-order valence-corrected chi connectivity index (χ4v) is 4.56. The molecule has 1 fully saturated rings. The predicted octanol–water partition coefficient (Wildman–Crippen LogP) is 3.67. The summed E-state index contributed by atoms with van der Waals surface area (Å²) in [7, 11) is -4.17. The van der Waals surface area contributed by atoms with Crippen LogP contribution in [-0.4, -0.2) is 36.0 Å². The van der Waals surface area contributed by atoms with Gasteiger partial charge in [0.1, 0.15) is 11.6 Å². The maximum atomic E-state index is 12.4. The minimum Gasteiger partial charge on any atom is -0.443 e. The Morgan fingerprint density at radius 2 is 1.96 bits per heavy atom. The van der Waals surface area contributed by atoms with Gasteiger partial charge in [-0.1, -0.05) is 24.3 Å². The molecule has 0 bridgehead atoms. The van der Waals surface area contributed by atoms with Gasteiger partial charge in [0.05, 0.1) is 22.7 Å². The molecule has 1 amide bonds. The molecular formula is C17H20N2O5S2. The van der Waals surface area contributed by atoms with E-state index in [1.807, 2.05) is 19.1 Å². The summed E-state index contributed by atoms with van der Waals surface area (Å²) in [5.41, 5.74) is 3.54. The summed E-state index contributed by atoms with van der Waals surface area (Å²) in [6, 6.07) is 6.59. The van der Waals surface area contributed by atoms with E-state index in [0.29, 0.717) is 9.87 Å². The zero-order chi connectivity index (χ0) is 19.1. The highest BCUT2D eigenvalue weighted by molar-refractivity contribution is 7.85. The van der Waals surface area contributed by atoms with Crippen LogP contribution < -0.4 is 0 Å². The summed E-state index contributed by atoms with van der Waals surface area (Å²) in [4.78, 5) is 17.7. The molecule has 1 aromatic carbocycles. The number of thiazole rings is 1. The van der Waals surface area contributed by atoms with E-state index in [-0.39, 0.29) is 6.61 Å². The second-order valence-corrected chi connectivity index (χ2v) is 9.26. The van der Waals surface area contributed by atoms with Crippen molar-refractivity contribution >= 4 is 27.7 Å². The van der Waals surface area contributed by atoms with Crippen molar-refractivity contribution in [3.8, 4) is 10.4 Å². The van der Waals surface area contributed by atoms with Gasteiger partial charge in [0.15, 0.2) is 0 Å². The van der Waals surface area contributed by atoms with E-state index < -0.39 is 28.0 Å². The molecule has 9 heteroatoms. The highest BCUT2D eigenvalue weighted by Crippen LogP contribution is 2.35. The van der Waals surface area contributed by atoms with Gasteiger partial charge in [-0.2, -0.15) is 12.7 Å². The number of amides is 1. The van der Waals surface area contributed by atoms with Gasteiger partial charge in [0.25, 0.3) is 0 Å². The van der Waals surface area contributed by atoms with Crippen LogP contribution in [0.5, 0.6) is 0 Å². The van der Waals surface area contributed by atoms with Gasteiger partial charge in [-0.3, -0.25) is 4.18 Å². The number of benzene rings is 1. The summed E-state index contributed by atoms with van der Waals surface area (Å²) >= 11 is 1.54. The lowest BCUT2D eigenvalue weighted by molar-refractivity contribution is 0.0356. The van der Waals surface area contributed by atoms with Gasteiger partial charge < -0.3 is 4.74 Å². The van der Waals surface area contributed by atoms with E-state index in [1.165, 1.54) is 11.3 Å². The van der Waals surface area contributed by atoms with Crippen molar-refractivity contribution < 1.29 is 22.1 Å². The Balaban J connectivity index is 1.90. The van der Waals surface area contributed by atoms with Gasteiger partial charge in [-0.15, -0.1) is 11.3 Å². The molecule has 0 saturated carbocycles. The normalized spacial score (nSPS) is 19.5. The van der Waals surface area contributed by atoms with E-state index in [9.17, 15) is 13.2 Å². The summed E-state index contributed by atoms with van der Waals surface area (Å²) < 4.78 is 35.1. The van der Waals surface area contributed by atoms with Crippen LogP contribution >= 0.6 is 11.3 Å². The number of carbonyl (C=O) groups is 1. The summed E-state index contributed by atoms with van der Waals surface area (Å²) in [6.07, 6.45) is -0.942. The van der Waals surface area contributed by atoms with Gasteiger partial charge in [0.2, 0.25) is 0 Å². The number of hydrogen-bond donors (Lipinski definition) is 0. The second-order valence-electron chi connectivity index (χ2n) is 6.92. The third-order valence-electron chi connectivity index (χ3n) is 3.78. The first-order chi connectivity index (χ1) is 12.1. The minimum atomic E-state index is -4.17. The number of hydrogen-bond acceptors (Lipinski definition) is 7. The van der Waals surface area contributed by atoms with E-state index in [4.69, 9.17) is 8.92 Å². The molecule has 140 valence electrons. The third kappa shape index (κ3) is 3.74. The Labute approximate surface area is 156 Å². The number of aryl methyl sites for hydroxylation is 1. The fraction of sp³-hybridized carbons (Fsp3) is 0.412. The number of carbonyl (C=O) groups excluding carboxylic acids is 1. The molecule has 1 atom stereocenters. The lowest BCUT2D eigenvalue weighted by atomic mass is 10.0.